The zero-order valence-electron chi connectivity index (χ0n) is 16.7. The summed E-state index contributed by atoms with van der Waals surface area (Å²) < 4.78 is 16.1. The molecule has 0 aliphatic carbocycles. The first-order valence-corrected chi connectivity index (χ1v) is 8.78. The fraction of sp³-hybridized carbons (Fsp3) is 0.238. The zero-order valence-corrected chi connectivity index (χ0v) is 16.7. The Morgan fingerprint density at radius 3 is 2.14 bits per heavy atom. The minimum absolute atomic E-state index is 0.504. The number of hydrogen-bond donors (Lipinski definition) is 2. The standard InChI is InChI=1S/C21H24N4O3/c1-13-6-7-16(14(2)10-13)24-21-22-9-8-19(25-21)23-15-11-17(26-3)20(28-5)18(12-15)27-4/h6-12H,1-5H3,(H2,22,23,24,25). The molecule has 0 saturated heterocycles. The highest BCUT2D eigenvalue weighted by molar-refractivity contribution is 5.67. The van der Waals surface area contributed by atoms with E-state index in [1.807, 2.05) is 31.2 Å². The SMILES string of the molecule is COc1cc(Nc2ccnc(Nc3ccc(C)cc3C)n2)cc(OC)c1OC. The average Bonchev–Trinajstić information content (AvgIpc) is 2.69. The van der Waals surface area contributed by atoms with Crippen molar-refractivity contribution in [3.8, 4) is 17.2 Å². The smallest absolute Gasteiger partial charge is 0.229 e. The highest BCUT2D eigenvalue weighted by atomic mass is 16.5. The molecule has 146 valence electrons. The largest absolute Gasteiger partial charge is 0.493 e. The predicted molar refractivity (Wildman–Crippen MR) is 111 cm³/mol. The summed E-state index contributed by atoms with van der Waals surface area (Å²) in [6.07, 6.45) is 1.69. The minimum atomic E-state index is 0.504. The van der Waals surface area contributed by atoms with Crippen LogP contribution >= 0.6 is 0 Å². The Labute approximate surface area is 164 Å². The van der Waals surface area contributed by atoms with E-state index in [1.165, 1.54) is 5.56 Å². The van der Waals surface area contributed by atoms with Gasteiger partial charge in [0.15, 0.2) is 11.5 Å². The molecular formula is C21H24N4O3. The molecule has 0 saturated carbocycles. The van der Waals surface area contributed by atoms with Gasteiger partial charge in [0.1, 0.15) is 5.82 Å². The van der Waals surface area contributed by atoms with Crippen LogP contribution in [-0.4, -0.2) is 31.3 Å². The van der Waals surface area contributed by atoms with E-state index in [4.69, 9.17) is 14.2 Å². The van der Waals surface area contributed by atoms with Gasteiger partial charge in [0.2, 0.25) is 11.7 Å². The lowest BCUT2D eigenvalue weighted by atomic mass is 10.1. The maximum absolute atomic E-state index is 5.39. The molecule has 2 aromatic carbocycles. The summed E-state index contributed by atoms with van der Waals surface area (Å²) in [4.78, 5) is 8.84. The number of rotatable bonds is 7. The summed E-state index contributed by atoms with van der Waals surface area (Å²) >= 11 is 0. The molecule has 0 aliphatic rings. The van der Waals surface area contributed by atoms with E-state index in [9.17, 15) is 0 Å². The third kappa shape index (κ3) is 4.25. The Balaban J connectivity index is 1.85. The Bertz CT molecular complexity index is 951. The van der Waals surface area contributed by atoms with Crippen molar-refractivity contribution in [1.29, 1.82) is 0 Å². The van der Waals surface area contributed by atoms with E-state index >= 15 is 0 Å². The van der Waals surface area contributed by atoms with Gasteiger partial charge in [-0.3, -0.25) is 0 Å². The van der Waals surface area contributed by atoms with Crippen LogP contribution in [0.4, 0.5) is 23.1 Å². The molecule has 0 bridgehead atoms. The highest BCUT2D eigenvalue weighted by Gasteiger charge is 2.13. The molecule has 2 N–H and O–H groups in total. The van der Waals surface area contributed by atoms with E-state index in [1.54, 1.807) is 33.6 Å². The van der Waals surface area contributed by atoms with Gasteiger partial charge in [0, 0.05) is 29.7 Å². The summed E-state index contributed by atoms with van der Waals surface area (Å²) in [5.41, 5.74) is 4.06. The normalized spacial score (nSPS) is 10.3. The number of ether oxygens (including phenoxy) is 3. The second-order valence-corrected chi connectivity index (χ2v) is 6.25. The molecule has 1 heterocycles. The number of anilines is 4. The number of aromatic nitrogens is 2. The molecular weight excluding hydrogens is 356 g/mol. The lowest BCUT2D eigenvalue weighted by Crippen LogP contribution is -2.02. The summed E-state index contributed by atoms with van der Waals surface area (Å²) in [5, 5.41) is 6.51. The molecule has 3 rings (SSSR count). The molecule has 0 aliphatic heterocycles. The number of benzene rings is 2. The Kier molecular flexibility index (Phi) is 5.84. The van der Waals surface area contributed by atoms with Gasteiger partial charge in [-0.2, -0.15) is 4.98 Å². The Hall–Kier alpha value is -3.48. The van der Waals surface area contributed by atoms with Gasteiger partial charge in [-0.1, -0.05) is 17.7 Å². The Morgan fingerprint density at radius 2 is 1.54 bits per heavy atom. The van der Waals surface area contributed by atoms with E-state index < -0.39 is 0 Å². The first kappa shape index (κ1) is 19.3. The van der Waals surface area contributed by atoms with Gasteiger partial charge >= 0.3 is 0 Å². The number of hydrogen-bond acceptors (Lipinski definition) is 7. The molecule has 0 atom stereocenters. The Morgan fingerprint density at radius 1 is 0.821 bits per heavy atom. The lowest BCUT2D eigenvalue weighted by Gasteiger charge is -2.15. The van der Waals surface area contributed by atoms with Gasteiger partial charge in [0.25, 0.3) is 0 Å². The van der Waals surface area contributed by atoms with E-state index in [0.717, 1.165) is 16.9 Å². The van der Waals surface area contributed by atoms with E-state index in [-0.39, 0.29) is 0 Å². The minimum Gasteiger partial charge on any atom is -0.493 e. The maximum Gasteiger partial charge on any atom is 0.229 e. The average molecular weight is 380 g/mol. The molecule has 3 aromatic rings. The summed E-state index contributed by atoms with van der Waals surface area (Å²) in [7, 11) is 4.73. The van der Waals surface area contributed by atoms with Crippen molar-refractivity contribution in [3.05, 3.63) is 53.7 Å². The number of nitrogens with zero attached hydrogens (tertiary/aromatic N) is 2. The van der Waals surface area contributed by atoms with Crippen LogP contribution in [-0.2, 0) is 0 Å². The summed E-state index contributed by atoms with van der Waals surface area (Å²) in [5.74, 6) is 2.80. The lowest BCUT2D eigenvalue weighted by molar-refractivity contribution is 0.324. The second kappa shape index (κ2) is 8.47. The topological polar surface area (TPSA) is 77.5 Å². The third-order valence-electron chi connectivity index (χ3n) is 4.22. The molecule has 1 aromatic heterocycles. The van der Waals surface area contributed by atoms with Crippen molar-refractivity contribution in [1.82, 2.24) is 9.97 Å². The van der Waals surface area contributed by atoms with Crippen LogP contribution in [0.25, 0.3) is 0 Å². The van der Waals surface area contributed by atoms with Crippen LogP contribution in [0.1, 0.15) is 11.1 Å². The van der Waals surface area contributed by atoms with Crippen molar-refractivity contribution < 1.29 is 14.2 Å². The molecule has 7 heteroatoms. The van der Waals surface area contributed by atoms with Crippen molar-refractivity contribution in [2.45, 2.75) is 13.8 Å². The van der Waals surface area contributed by atoms with Crippen LogP contribution in [0.3, 0.4) is 0 Å². The first-order chi connectivity index (χ1) is 13.5. The second-order valence-electron chi connectivity index (χ2n) is 6.25. The van der Waals surface area contributed by atoms with Crippen LogP contribution in [0.15, 0.2) is 42.6 Å². The van der Waals surface area contributed by atoms with Crippen LogP contribution in [0, 0.1) is 13.8 Å². The molecule has 0 radical (unpaired) electrons. The molecule has 7 nitrogen and oxygen atoms in total. The zero-order chi connectivity index (χ0) is 20.1. The molecule has 0 spiro atoms. The van der Waals surface area contributed by atoms with Crippen molar-refractivity contribution in [2.75, 3.05) is 32.0 Å². The van der Waals surface area contributed by atoms with E-state index in [2.05, 4.69) is 33.6 Å². The predicted octanol–water partition coefficient (Wildman–Crippen LogP) is 4.61. The van der Waals surface area contributed by atoms with Gasteiger partial charge < -0.3 is 24.8 Å². The van der Waals surface area contributed by atoms with Crippen molar-refractivity contribution >= 4 is 23.1 Å². The van der Waals surface area contributed by atoms with Gasteiger partial charge in [0.05, 0.1) is 21.3 Å². The van der Waals surface area contributed by atoms with Crippen LogP contribution < -0.4 is 24.8 Å². The molecule has 0 unspecified atom stereocenters. The number of methoxy groups -OCH3 is 3. The molecule has 0 fully saturated rings. The maximum atomic E-state index is 5.39. The first-order valence-electron chi connectivity index (χ1n) is 8.78. The summed E-state index contributed by atoms with van der Waals surface area (Å²) in [6.45, 7) is 4.11. The van der Waals surface area contributed by atoms with Crippen LogP contribution in [0.2, 0.25) is 0 Å². The van der Waals surface area contributed by atoms with Gasteiger partial charge in [-0.25, -0.2) is 4.98 Å². The quantitative estimate of drug-likeness (QED) is 0.620. The van der Waals surface area contributed by atoms with Gasteiger partial charge in [-0.15, -0.1) is 0 Å². The van der Waals surface area contributed by atoms with Gasteiger partial charge in [-0.05, 0) is 31.5 Å². The third-order valence-corrected chi connectivity index (χ3v) is 4.22. The number of nitrogens with one attached hydrogen (secondary N) is 2. The van der Waals surface area contributed by atoms with Crippen LogP contribution in [0.5, 0.6) is 17.2 Å². The number of aryl methyl sites for hydroxylation is 2. The molecule has 28 heavy (non-hydrogen) atoms. The van der Waals surface area contributed by atoms with Crippen molar-refractivity contribution in [2.24, 2.45) is 0 Å². The van der Waals surface area contributed by atoms with Crippen molar-refractivity contribution in [3.63, 3.8) is 0 Å². The summed E-state index contributed by atoms with van der Waals surface area (Å²) in [6, 6.07) is 11.6. The fourth-order valence-corrected chi connectivity index (χ4v) is 2.86. The monoisotopic (exact) mass is 380 g/mol. The highest BCUT2D eigenvalue weighted by Crippen LogP contribution is 2.40. The van der Waals surface area contributed by atoms with E-state index in [0.29, 0.717) is 29.0 Å². The fourth-order valence-electron chi connectivity index (χ4n) is 2.86. The molecule has 0 amide bonds.